The van der Waals surface area contributed by atoms with Crippen LogP contribution in [0.4, 0.5) is 17.1 Å². The lowest BCUT2D eigenvalue weighted by Crippen LogP contribution is -2.16. The van der Waals surface area contributed by atoms with Crippen LogP contribution in [0.15, 0.2) is 221 Å². The highest BCUT2D eigenvalue weighted by Crippen LogP contribution is 2.52. The van der Waals surface area contributed by atoms with Crippen molar-refractivity contribution in [3.8, 4) is 44.5 Å². The minimum absolute atomic E-state index is 0.153. The lowest BCUT2D eigenvalue weighted by Gasteiger charge is -2.29. The minimum Gasteiger partial charge on any atom is -0.456 e. The number of fused-ring (bicyclic) bond motifs is 11. The average molecular weight is 820 g/mol. The van der Waals surface area contributed by atoms with Crippen molar-refractivity contribution in [2.24, 2.45) is 0 Å². The van der Waals surface area contributed by atoms with E-state index < -0.39 is 0 Å². The molecule has 3 nitrogen and oxygen atoms in total. The fourth-order valence-electron chi connectivity index (χ4n) is 10.5. The maximum absolute atomic E-state index is 6.97. The Hall–Kier alpha value is -8.14. The third-order valence-corrected chi connectivity index (χ3v) is 13.7. The Bertz CT molecular complexity index is 3810. The zero-order chi connectivity index (χ0) is 42.5. The smallest absolute Gasteiger partial charge is 0.143 e. The normalized spacial score (nSPS) is 13.0. The topological polar surface area (TPSA) is 29.5 Å². The molecule has 1 aliphatic carbocycles. The number of para-hydroxylation sites is 1. The molecule has 0 aliphatic heterocycles. The van der Waals surface area contributed by atoms with Crippen molar-refractivity contribution in [2.75, 3.05) is 4.90 Å². The van der Waals surface area contributed by atoms with Crippen LogP contribution in [0.1, 0.15) is 25.0 Å². The average Bonchev–Trinajstić information content (AvgIpc) is 3.99. The summed E-state index contributed by atoms with van der Waals surface area (Å²) in [5.74, 6) is 0. The first-order valence-corrected chi connectivity index (χ1v) is 22.1. The van der Waals surface area contributed by atoms with Gasteiger partial charge in [-0.05, 0) is 128 Å². The molecule has 13 rings (SSSR count). The molecule has 0 N–H and O–H groups in total. The molecular formula is C61H41NO2. The molecule has 0 unspecified atom stereocenters. The van der Waals surface area contributed by atoms with E-state index in [2.05, 4.69) is 219 Å². The highest BCUT2D eigenvalue weighted by Gasteiger charge is 2.36. The SMILES string of the molecule is CC1(C)c2ccccc2-c2ccc(N(c3ccc(-c4ccccc4)cc3)c3cccc4oc5c6ccccc6c(-c6cccc(-c7ccc8c(c7)oc7ccccc78)c6)cc5c34)cc21. The van der Waals surface area contributed by atoms with Crippen molar-refractivity contribution >= 4 is 71.7 Å². The van der Waals surface area contributed by atoms with E-state index in [4.69, 9.17) is 8.83 Å². The molecule has 64 heavy (non-hydrogen) atoms. The van der Waals surface area contributed by atoms with Gasteiger partial charge in [0.2, 0.25) is 0 Å². The molecular weight excluding hydrogens is 779 g/mol. The molecule has 0 saturated carbocycles. The second-order valence-electron chi connectivity index (χ2n) is 17.6. The Morgan fingerprint density at radius 3 is 1.84 bits per heavy atom. The largest absolute Gasteiger partial charge is 0.456 e. The number of anilines is 3. The van der Waals surface area contributed by atoms with Gasteiger partial charge in [-0.15, -0.1) is 0 Å². The first kappa shape index (κ1) is 36.5. The summed E-state index contributed by atoms with van der Waals surface area (Å²) >= 11 is 0. The van der Waals surface area contributed by atoms with E-state index in [1.54, 1.807) is 0 Å². The standard InChI is InChI=1S/C61H41NO2/c1-61(2)53-22-10-8-19-46(53)47-33-31-44(36-54(47)61)62(43-29-26-39(27-30-43)38-14-4-3-5-15-38)55-23-13-25-57-59(55)52-37-51(45-18-6-7-21-50(45)60(52)64-57)42-17-12-16-40(34-42)41-28-32-49-48-20-9-11-24-56(48)63-58(49)35-41/h3-37H,1-2H3. The molecule has 10 aromatic carbocycles. The lowest BCUT2D eigenvalue weighted by atomic mass is 9.82. The Morgan fingerprint density at radius 2 is 0.969 bits per heavy atom. The number of nitrogens with zero attached hydrogens (tertiary/aromatic N) is 1. The van der Waals surface area contributed by atoms with E-state index in [9.17, 15) is 0 Å². The summed E-state index contributed by atoms with van der Waals surface area (Å²) in [6, 6.07) is 76.7. The quantitative estimate of drug-likeness (QED) is 0.167. The van der Waals surface area contributed by atoms with E-state index in [1.807, 2.05) is 12.1 Å². The maximum Gasteiger partial charge on any atom is 0.143 e. The van der Waals surface area contributed by atoms with Gasteiger partial charge < -0.3 is 13.7 Å². The van der Waals surface area contributed by atoms with Gasteiger partial charge >= 0.3 is 0 Å². The molecule has 2 heterocycles. The molecule has 1 aliphatic rings. The highest BCUT2D eigenvalue weighted by atomic mass is 16.3. The molecule has 0 fully saturated rings. The van der Waals surface area contributed by atoms with Crippen LogP contribution in [0.2, 0.25) is 0 Å². The minimum atomic E-state index is -0.153. The molecule has 12 aromatic rings. The molecule has 0 bridgehead atoms. The summed E-state index contributed by atoms with van der Waals surface area (Å²) in [6.45, 7) is 4.70. The summed E-state index contributed by atoms with van der Waals surface area (Å²) < 4.78 is 13.3. The van der Waals surface area contributed by atoms with E-state index in [-0.39, 0.29) is 5.41 Å². The van der Waals surface area contributed by atoms with E-state index in [0.29, 0.717) is 0 Å². The highest BCUT2D eigenvalue weighted by molar-refractivity contribution is 6.22. The van der Waals surface area contributed by atoms with Crippen molar-refractivity contribution in [3.63, 3.8) is 0 Å². The van der Waals surface area contributed by atoms with E-state index >= 15 is 0 Å². The van der Waals surface area contributed by atoms with Crippen LogP contribution in [-0.2, 0) is 5.41 Å². The number of hydrogen-bond donors (Lipinski definition) is 0. The first-order chi connectivity index (χ1) is 31.5. The Labute approximate surface area is 371 Å². The zero-order valence-corrected chi connectivity index (χ0v) is 35.5. The van der Waals surface area contributed by atoms with Crippen molar-refractivity contribution < 1.29 is 8.83 Å². The molecule has 0 saturated heterocycles. The fraction of sp³-hybridized carbons (Fsp3) is 0.0492. The Kier molecular flexibility index (Phi) is 7.95. The van der Waals surface area contributed by atoms with Gasteiger partial charge in [0.25, 0.3) is 0 Å². The number of hydrogen-bond acceptors (Lipinski definition) is 3. The molecule has 0 atom stereocenters. The van der Waals surface area contributed by atoms with Crippen molar-refractivity contribution in [3.05, 3.63) is 223 Å². The van der Waals surface area contributed by atoms with Gasteiger partial charge in [0.1, 0.15) is 22.3 Å². The number of rotatable bonds is 6. The third-order valence-electron chi connectivity index (χ3n) is 13.7. The summed E-state index contributed by atoms with van der Waals surface area (Å²) in [5, 5.41) is 6.65. The summed E-state index contributed by atoms with van der Waals surface area (Å²) in [5.41, 5.74) is 18.8. The molecule has 2 aromatic heterocycles. The van der Waals surface area contributed by atoms with Crippen molar-refractivity contribution in [2.45, 2.75) is 19.3 Å². The van der Waals surface area contributed by atoms with Gasteiger partial charge in [0.05, 0.1) is 11.1 Å². The van der Waals surface area contributed by atoms with Crippen LogP contribution < -0.4 is 4.90 Å². The number of benzene rings is 10. The number of furan rings is 2. The second-order valence-corrected chi connectivity index (χ2v) is 17.6. The summed E-state index contributed by atoms with van der Waals surface area (Å²) in [4.78, 5) is 2.43. The predicted molar refractivity (Wildman–Crippen MR) is 267 cm³/mol. The maximum atomic E-state index is 6.97. The van der Waals surface area contributed by atoms with Crippen LogP contribution in [0.3, 0.4) is 0 Å². The summed E-state index contributed by atoms with van der Waals surface area (Å²) in [7, 11) is 0. The van der Waals surface area contributed by atoms with Gasteiger partial charge in [0, 0.05) is 38.3 Å². The van der Waals surface area contributed by atoms with Crippen molar-refractivity contribution in [1.82, 2.24) is 0 Å². The Balaban J connectivity index is 1.01. The Morgan fingerprint density at radius 1 is 0.344 bits per heavy atom. The van der Waals surface area contributed by atoms with E-state index in [0.717, 1.165) is 94.0 Å². The summed E-state index contributed by atoms with van der Waals surface area (Å²) in [6.07, 6.45) is 0. The van der Waals surface area contributed by atoms with Crippen LogP contribution in [0, 0.1) is 0 Å². The third kappa shape index (κ3) is 5.54. The van der Waals surface area contributed by atoms with Crippen LogP contribution in [0.5, 0.6) is 0 Å². The van der Waals surface area contributed by atoms with Gasteiger partial charge in [-0.2, -0.15) is 0 Å². The zero-order valence-electron chi connectivity index (χ0n) is 35.5. The van der Waals surface area contributed by atoms with Crippen molar-refractivity contribution in [1.29, 1.82) is 0 Å². The van der Waals surface area contributed by atoms with E-state index in [1.165, 1.54) is 33.4 Å². The molecule has 0 spiro atoms. The van der Waals surface area contributed by atoms with Gasteiger partial charge in [-0.3, -0.25) is 0 Å². The van der Waals surface area contributed by atoms with Gasteiger partial charge in [-0.1, -0.05) is 159 Å². The first-order valence-electron chi connectivity index (χ1n) is 22.1. The van der Waals surface area contributed by atoms with Gasteiger partial charge in [0.15, 0.2) is 0 Å². The predicted octanol–water partition coefficient (Wildman–Crippen LogP) is 17.4. The van der Waals surface area contributed by atoms with Gasteiger partial charge in [-0.25, -0.2) is 0 Å². The second kappa shape index (κ2) is 13.9. The van der Waals surface area contributed by atoms with Crippen LogP contribution in [-0.4, -0.2) is 0 Å². The molecule has 0 radical (unpaired) electrons. The van der Waals surface area contributed by atoms with Crippen LogP contribution >= 0.6 is 0 Å². The monoisotopic (exact) mass is 819 g/mol. The fourth-order valence-corrected chi connectivity index (χ4v) is 10.5. The molecule has 302 valence electrons. The molecule has 0 amide bonds. The molecule has 3 heteroatoms. The lowest BCUT2D eigenvalue weighted by molar-refractivity contribution is 0.660. The van der Waals surface area contributed by atoms with Crippen LogP contribution in [0.25, 0.3) is 99.2 Å².